The summed E-state index contributed by atoms with van der Waals surface area (Å²) in [6, 6.07) is 0. The Morgan fingerprint density at radius 2 is 1.25 bits per heavy atom. The van der Waals surface area contributed by atoms with Gasteiger partial charge in [0.05, 0.1) is 0 Å². The number of hydrogen-bond donors (Lipinski definition) is 4. The van der Waals surface area contributed by atoms with Crippen LogP contribution in [0.4, 0.5) is 0 Å². The molecule has 0 aromatic rings. The molecule has 0 spiro atoms. The molecule has 6 nitrogen and oxygen atoms in total. The maximum Gasteiger partial charge on any atom is 0.348 e. The highest BCUT2D eigenvalue weighted by molar-refractivity contribution is 7.74. The lowest BCUT2D eigenvalue weighted by molar-refractivity contribution is 0.311. The van der Waals surface area contributed by atoms with Gasteiger partial charge in [0.25, 0.3) is 0 Å². The van der Waals surface area contributed by atoms with Gasteiger partial charge in [-0.15, -0.1) is 0 Å². The molecule has 0 aromatic heterocycles. The van der Waals surface area contributed by atoms with Crippen molar-refractivity contribution in [3.05, 3.63) is 11.1 Å². The lowest BCUT2D eigenvalue weighted by atomic mass is 9.96. The Hall–Kier alpha value is 0.0400. The predicted octanol–water partition coefficient (Wildman–Crippen LogP) is 2.97. The molecule has 0 radical (unpaired) electrons. The monoisotopic (exact) mass is 326 g/mol. The third kappa shape index (κ3) is 2.01. The summed E-state index contributed by atoms with van der Waals surface area (Å²) in [6.45, 7) is 7.12. The maximum absolute atomic E-state index is 12.0. The van der Waals surface area contributed by atoms with E-state index in [0.29, 0.717) is 31.3 Å². The second kappa shape index (κ2) is 5.35. The summed E-state index contributed by atoms with van der Waals surface area (Å²) in [5, 5.41) is 0. The van der Waals surface area contributed by atoms with Crippen molar-refractivity contribution in [1.82, 2.24) is 0 Å². The first-order valence-corrected chi connectivity index (χ1v) is 10.1. The smallest absolute Gasteiger partial charge is 0.323 e. The molecule has 0 atom stereocenters. The maximum atomic E-state index is 12.0. The van der Waals surface area contributed by atoms with Gasteiger partial charge in [-0.3, -0.25) is 9.13 Å². The Balaban J connectivity index is 3.81. The zero-order valence-corrected chi connectivity index (χ0v) is 14.1. The molecule has 1 aliphatic rings. The topological polar surface area (TPSA) is 115 Å². The normalized spacial score (nSPS) is 20.9. The van der Waals surface area contributed by atoms with E-state index in [2.05, 4.69) is 0 Å². The minimum atomic E-state index is -4.99. The van der Waals surface area contributed by atoms with E-state index in [1.165, 1.54) is 0 Å². The van der Waals surface area contributed by atoms with E-state index in [9.17, 15) is 28.7 Å². The summed E-state index contributed by atoms with van der Waals surface area (Å²) in [5.74, 6) is 0. The fourth-order valence-corrected chi connectivity index (χ4v) is 8.33. The second-order valence-electron chi connectivity index (χ2n) is 5.24. The number of rotatable bonds is 6. The fraction of sp³-hybridized carbons (Fsp3) is 0.833. The molecule has 4 N–H and O–H groups in total. The number of hydrogen-bond acceptors (Lipinski definition) is 2. The third-order valence-electron chi connectivity index (χ3n) is 4.69. The zero-order valence-electron chi connectivity index (χ0n) is 12.3. The quantitative estimate of drug-likeness (QED) is 0.440. The van der Waals surface area contributed by atoms with Crippen LogP contribution in [0, 0.1) is 5.41 Å². The SMILES string of the molecule is CCC(CC)=C1C(CC)(CC)C1(P(=O)(O)O)P(=O)(O)O. The largest absolute Gasteiger partial charge is 0.348 e. The van der Waals surface area contributed by atoms with Gasteiger partial charge < -0.3 is 19.6 Å². The van der Waals surface area contributed by atoms with Gasteiger partial charge in [0.2, 0.25) is 4.90 Å². The van der Waals surface area contributed by atoms with Crippen molar-refractivity contribution < 1.29 is 28.7 Å². The van der Waals surface area contributed by atoms with Gasteiger partial charge in [-0.1, -0.05) is 33.3 Å². The highest BCUT2D eigenvalue weighted by atomic mass is 31.2. The van der Waals surface area contributed by atoms with Crippen LogP contribution in [-0.2, 0) is 9.13 Å². The highest BCUT2D eigenvalue weighted by Gasteiger charge is 2.87. The molecule has 1 fully saturated rings. The van der Waals surface area contributed by atoms with Gasteiger partial charge in [-0.2, -0.15) is 0 Å². The Bertz CT molecular complexity index is 480. The van der Waals surface area contributed by atoms with Crippen molar-refractivity contribution in [3.8, 4) is 0 Å². The minimum absolute atomic E-state index is 0.304. The second-order valence-corrected chi connectivity index (χ2v) is 9.11. The van der Waals surface area contributed by atoms with E-state index in [0.717, 1.165) is 5.57 Å². The highest BCUT2D eigenvalue weighted by Crippen LogP contribution is 2.93. The molecule has 1 saturated carbocycles. The Kier molecular flexibility index (Phi) is 4.84. The van der Waals surface area contributed by atoms with Crippen LogP contribution < -0.4 is 0 Å². The van der Waals surface area contributed by atoms with E-state index in [4.69, 9.17) is 0 Å². The van der Waals surface area contributed by atoms with E-state index in [1.807, 2.05) is 13.8 Å². The molecule has 0 amide bonds. The molecule has 1 aliphatic carbocycles. The molecule has 0 unspecified atom stereocenters. The Morgan fingerprint density at radius 1 is 0.900 bits per heavy atom. The van der Waals surface area contributed by atoms with Crippen LogP contribution in [-0.4, -0.2) is 24.5 Å². The summed E-state index contributed by atoms with van der Waals surface area (Å²) in [5.41, 5.74) is -0.0334. The average Bonchev–Trinajstić information content (AvgIpc) is 2.95. The third-order valence-corrected chi connectivity index (χ3v) is 9.24. The van der Waals surface area contributed by atoms with Crippen LogP contribution in [0.2, 0.25) is 0 Å². The van der Waals surface area contributed by atoms with Crippen molar-refractivity contribution in [2.45, 2.75) is 58.3 Å². The first kappa shape index (κ1) is 18.1. The van der Waals surface area contributed by atoms with Crippen molar-refractivity contribution in [1.29, 1.82) is 0 Å². The summed E-state index contributed by atoms with van der Waals surface area (Å²) in [7, 11) is -9.98. The lowest BCUT2D eigenvalue weighted by Crippen LogP contribution is -2.20. The molecule has 8 heteroatoms. The van der Waals surface area contributed by atoms with Gasteiger partial charge in [0, 0.05) is 5.41 Å². The molecule has 1 rings (SSSR count). The Labute approximate surface area is 119 Å². The lowest BCUT2D eigenvalue weighted by Gasteiger charge is -2.24. The summed E-state index contributed by atoms with van der Waals surface area (Å²) < 4.78 is 24.0. The zero-order chi connectivity index (χ0) is 16.0. The van der Waals surface area contributed by atoms with Crippen molar-refractivity contribution >= 4 is 15.2 Å². The summed E-state index contributed by atoms with van der Waals surface area (Å²) >= 11 is 0. The molecule has 0 aromatic carbocycles. The van der Waals surface area contributed by atoms with Crippen molar-refractivity contribution in [2.24, 2.45) is 5.41 Å². The van der Waals surface area contributed by atoms with Crippen LogP contribution in [0.15, 0.2) is 11.1 Å². The van der Waals surface area contributed by atoms with Gasteiger partial charge in [-0.25, -0.2) is 0 Å². The van der Waals surface area contributed by atoms with E-state index in [-0.39, 0.29) is 0 Å². The molecular formula is C12H24O6P2. The molecular weight excluding hydrogens is 302 g/mol. The van der Waals surface area contributed by atoms with Crippen LogP contribution >= 0.6 is 15.2 Å². The standard InChI is InChI=1S/C12H24O6P2/c1-5-9(6-2)10-11(7-3,8-4)12(10,19(13,14)15)20(16,17)18/h5-8H2,1-4H3,(H2,13,14,15)(H2,16,17,18). The predicted molar refractivity (Wildman–Crippen MR) is 77.4 cm³/mol. The average molecular weight is 326 g/mol. The molecule has 20 heavy (non-hydrogen) atoms. The van der Waals surface area contributed by atoms with Gasteiger partial charge >= 0.3 is 15.2 Å². The van der Waals surface area contributed by atoms with E-state index in [1.54, 1.807) is 13.8 Å². The minimum Gasteiger partial charge on any atom is -0.323 e. The van der Waals surface area contributed by atoms with Crippen molar-refractivity contribution in [2.75, 3.05) is 0 Å². The molecule has 0 aliphatic heterocycles. The molecule has 0 heterocycles. The first-order valence-electron chi connectivity index (χ1n) is 6.86. The summed E-state index contributed by atoms with van der Waals surface area (Å²) in [4.78, 5) is 36.6. The van der Waals surface area contributed by atoms with Gasteiger partial charge in [-0.05, 0) is 31.3 Å². The van der Waals surface area contributed by atoms with E-state index < -0.39 is 25.5 Å². The molecule has 0 saturated heterocycles. The van der Waals surface area contributed by atoms with Crippen LogP contribution in [0.1, 0.15) is 53.4 Å². The van der Waals surface area contributed by atoms with Crippen LogP contribution in [0.25, 0.3) is 0 Å². The van der Waals surface area contributed by atoms with Crippen LogP contribution in [0.3, 0.4) is 0 Å². The van der Waals surface area contributed by atoms with Crippen molar-refractivity contribution in [3.63, 3.8) is 0 Å². The fourth-order valence-electron chi connectivity index (χ4n) is 3.78. The van der Waals surface area contributed by atoms with Crippen LogP contribution in [0.5, 0.6) is 0 Å². The van der Waals surface area contributed by atoms with Gasteiger partial charge in [0.15, 0.2) is 0 Å². The number of allylic oxidation sites excluding steroid dienone is 2. The molecule has 118 valence electrons. The molecule has 0 bridgehead atoms. The summed E-state index contributed by atoms with van der Waals surface area (Å²) in [6.07, 6.45) is 1.68. The van der Waals surface area contributed by atoms with Gasteiger partial charge in [0.1, 0.15) is 0 Å². The van der Waals surface area contributed by atoms with E-state index >= 15 is 0 Å². The first-order chi connectivity index (χ1) is 9.01. The Morgan fingerprint density at radius 3 is 1.40 bits per heavy atom.